The molecular formula is C11H12BrNS. The van der Waals surface area contributed by atoms with Crippen LogP contribution in [-0.4, -0.2) is 13.6 Å². The summed E-state index contributed by atoms with van der Waals surface area (Å²) in [5.41, 5.74) is 1.45. The molecule has 0 spiro atoms. The molecule has 1 nitrogen and oxygen atoms in total. The molecule has 74 valence electrons. The first kappa shape index (κ1) is 10.1. The minimum Gasteiger partial charge on any atom is -0.319 e. The lowest BCUT2D eigenvalue weighted by Gasteiger charge is -1.98. The zero-order valence-electron chi connectivity index (χ0n) is 8.01. The molecule has 0 aliphatic rings. The van der Waals surface area contributed by atoms with Gasteiger partial charge >= 0.3 is 0 Å². The number of halogens is 1. The fourth-order valence-corrected chi connectivity index (χ4v) is 3.06. The summed E-state index contributed by atoms with van der Waals surface area (Å²) in [6.07, 6.45) is 1.11. The highest BCUT2D eigenvalue weighted by Crippen LogP contribution is 2.28. The Hall–Kier alpha value is -0.380. The quantitative estimate of drug-likeness (QED) is 0.901. The van der Waals surface area contributed by atoms with Crippen molar-refractivity contribution in [2.75, 3.05) is 13.6 Å². The highest BCUT2D eigenvalue weighted by Gasteiger charge is 2.03. The van der Waals surface area contributed by atoms with Crippen LogP contribution in [0, 0.1) is 0 Å². The highest BCUT2D eigenvalue weighted by atomic mass is 79.9. The molecule has 3 heteroatoms. The van der Waals surface area contributed by atoms with Crippen molar-refractivity contribution in [3.8, 4) is 0 Å². The molecule has 0 amide bonds. The average molecular weight is 270 g/mol. The van der Waals surface area contributed by atoms with Crippen molar-refractivity contribution in [2.24, 2.45) is 0 Å². The fraction of sp³-hybridized carbons (Fsp3) is 0.273. The predicted molar refractivity (Wildman–Crippen MR) is 67.2 cm³/mol. The monoisotopic (exact) mass is 269 g/mol. The van der Waals surface area contributed by atoms with E-state index in [1.165, 1.54) is 15.6 Å². The lowest BCUT2D eigenvalue weighted by Crippen LogP contribution is -2.09. The first-order chi connectivity index (χ1) is 6.81. The van der Waals surface area contributed by atoms with Crippen molar-refractivity contribution in [3.63, 3.8) is 0 Å². The maximum absolute atomic E-state index is 3.49. The van der Waals surface area contributed by atoms with Crippen molar-refractivity contribution in [1.29, 1.82) is 0 Å². The van der Waals surface area contributed by atoms with Gasteiger partial charge in [0.1, 0.15) is 0 Å². The minimum atomic E-state index is 1.04. The van der Waals surface area contributed by atoms with E-state index in [2.05, 4.69) is 44.8 Å². The largest absolute Gasteiger partial charge is 0.319 e. The van der Waals surface area contributed by atoms with E-state index in [4.69, 9.17) is 0 Å². The molecule has 2 aromatic rings. The Balaban J connectivity index is 2.37. The second-order valence-electron chi connectivity index (χ2n) is 3.25. The topological polar surface area (TPSA) is 12.0 Å². The van der Waals surface area contributed by atoms with Crippen LogP contribution in [0.15, 0.2) is 28.1 Å². The van der Waals surface area contributed by atoms with Gasteiger partial charge in [0.2, 0.25) is 0 Å². The zero-order chi connectivity index (χ0) is 9.97. The van der Waals surface area contributed by atoms with Crippen molar-refractivity contribution in [3.05, 3.63) is 33.6 Å². The average Bonchev–Trinajstić information content (AvgIpc) is 2.57. The number of fused-ring (bicyclic) bond motifs is 1. The molecule has 0 aliphatic carbocycles. The molecule has 0 aliphatic heterocycles. The van der Waals surface area contributed by atoms with Crippen LogP contribution < -0.4 is 5.32 Å². The van der Waals surface area contributed by atoms with Crippen molar-refractivity contribution < 1.29 is 0 Å². The van der Waals surface area contributed by atoms with Crippen LogP contribution in [0.25, 0.3) is 10.1 Å². The molecule has 0 saturated heterocycles. The number of hydrogen-bond donors (Lipinski definition) is 1. The minimum absolute atomic E-state index is 1.04. The molecule has 2 rings (SSSR count). The first-order valence-corrected chi connectivity index (χ1v) is 6.29. The molecule has 0 radical (unpaired) electrons. The molecule has 1 heterocycles. The van der Waals surface area contributed by atoms with E-state index in [0.29, 0.717) is 0 Å². The maximum atomic E-state index is 3.49. The van der Waals surface area contributed by atoms with E-state index >= 15 is 0 Å². The van der Waals surface area contributed by atoms with E-state index in [1.54, 1.807) is 0 Å². The highest BCUT2D eigenvalue weighted by molar-refractivity contribution is 9.10. The van der Waals surface area contributed by atoms with Gasteiger partial charge in [-0.3, -0.25) is 0 Å². The van der Waals surface area contributed by atoms with Gasteiger partial charge in [-0.2, -0.15) is 0 Å². The maximum Gasteiger partial charge on any atom is 0.0356 e. The third-order valence-corrected chi connectivity index (χ3v) is 3.75. The summed E-state index contributed by atoms with van der Waals surface area (Å²) in [6, 6.07) is 6.49. The predicted octanol–water partition coefficient (Wildman–Crippen LogP) is 3.43. The number of likely N-dealkylation sites (N-methyl/N-ethyl adjacent to an activating group) is 1. The van der Waals surface area contributed by atoms with E-state index in [-0.39, 0.29) is 0 Å². The molecule has 0 fully saturated rings. The van der Waals surface area contributed by atoms with Crippen LogP contribution in [0.5, 0.6) is 0 Å². The van der Waals surface area contributed by atoms with Gasteiger partial charge < -0.3 is 5.32 Å². The smallest absolute Gasteiger partial charge is 0.0356 e. The van der Waals surface area contributed by atoms with Crippen LogP contribution in [0.1, 0.15) is 5.56 Å². The molecular weight excluding hydrogens is 258 g/mol. The molecule has 1 aromatic heterocycles. The number of nitrogens with one attached hydrogen (secondary N) is 1. The number of thiophene rings is 1. The van der Waals surface area contributed by atoms with Crippen LogP contribution >= 0.6 is 27.3 Å². The van der Waals surface area contributed by atoms with E-state index in [0.717, 1.165) is 17.4 Å². The number of rotatable bonds is 3. The van der Waals surface area contributed by atoms with E-state index in [9.17, 15) is 0 Å². The van der Waals surface area contributed by atoms with Crippen LogP contribution in [0.3, 0.4) is 0 Å². The number of benzene rings is 1. The van der Waals surface area contributed by atoms with Gasteiger partial charge in [-0.05, 0) is 48.5 Å². The second-order valence-corrected chi connectivity index (χ2v) is 5.08. The molecule has 14 heavy (non-hydrogen) atoms. The van der Waals surface area contributed by atoms with Gasteiger partial charge in [0, 0.05) is 9.17 Å². The summed E-state index contributed by atoms with van der Waals surface area (Å²) >= 11 is 5.31. The van der Waals surface area contributed by atoms with Gasteiger partial charge in [-0.25, -0.2) is 0 Å². The van der Waals surface area contributed by atoms with Gasteiger partial charge in [-0.15, -0.1) is 11.3 Å². The molecule has 0 atom stereocenters. The third-order valence-electron chi connectivity index (χ3n) is 2.26. The van der Waals surface area contributed by atoms with Gasteiger partial charge in [0.05, 0.1) is 0 Å². The lowest BCUT2D eigenvalue weighted by molar-refractivity contribution is 0.796. The standard InChI is InChI=1S/C11H12BrNS/c1-13-5-4-8-7-14-11-6-9(12)2-3-10(8)11/h2-3,6-7,13H,4-5H2,1H3. The Morgan fingerprint density at radius 1 is 1.43 bits per heavy atom. The molecule has 0 bridgehead atoms. The molecule has 1 aromatic carbocycles. The van der Waals surface area contributed by atoms with E-state index in [1.807, 2.05) is 18.4 Å². The lowest BCUT2D eigenvalue weighted by atomic mass is 10.1. The Morgan fingerprint density at radius 3 is 3.07 bits per heavy atom. The van der Waals surface area contributed by atoms with Crippen LogP contribution in [0.4, 0.5) is 0 Å². The second kappa shape index (κ2) is 4.43. The Bertz CT molecular complexity index is 436. The molecule has 1 N–H and O–H groups in total. The molecule has 0 saturated carbocycles. The third kappa shape index (κ3) is 2.00. The summed E-state index contributed by atoms with van der Waals surface area (Å²) in [6.45, 7) is 1.04. The normalized spacial score (nSPS) is 11.0. The van der Waals surface area contributed by atoms with Crippen molar-refractivity contribution >= 4 is 37.4 Å². The van der Waals surface area contributed by atoms with Gasteiger partial charge in [0.15, 0.2) is 0 Å². The van der Waals surface area contributed by atoms with Gasteiger partial charge in [-0.1, -0.05) is 22.0 Å². The molecule has 0 unspecified atom stereocenters. The Labute approximate surface area is 96.3 Å². The van der Waals surface area contributed by atoms with Crippen molar-refractivity contribution in [2.45, 2.75) is 6.42 Å². The SMILES string of the molecule is CNCCc1csc2cc(Br)ccc12. The summed E-state index contributed by atoms with van der Waals surface area (Å²) in [7, 11) is 1.99. The van der Waals surface area contributed by atoms with Crippen LogP contribution in [0.2, 0.25) is 0 Å². The summed E-state index contributed by atoms with van der Waals surface area (Å²) in [5.74, 6) is 0. The Morgan fingerprint density at radius 2 is 2.29 bits per heavy atom. The van der Waals surface area contributed by atoms with E-state index < -0.39 is 0 Å². The van der Waals surface area contributed by atoms with Gasteiger partial charge in [0.25, 0.3) is 0 Å². The zero-order valence-corrected chi connectivity index (χ0v) is 10.4. The summed E-state index contributed by atoms with van der Waals surface area (Å²) in [4.78, 5) is 0. The number of hydrogen-bond acceptors (Lipinski definition) is 2. The first-order valence-electron chi connectivity index (χ1n) is 4.61. The summed E-state index contributed by atoms with van der Waals surface area (Å²) < 4.78 is 2.53. The van der Waals surface area contributed by atoms with Crippen LogP contribution in [-0.2, 0) is 6.42 Å². The van der Waals surface area contributed by atoms with Crippen molar-refractivity contribution in [1.82, 2.24) is 5.32 Å². The fourth-order valence-electron chi connectivity index (χ4n) is 1.51. The summed E-state index contributed by atoms with van der Waals surface area (Å²) in [5, 5.41) is 6.83. The Kier molecular flexibility index (Phi) is 3.21.